The zero-order valence-electron chi connectivity index (χ0n) is 20.3. The summed E-state index contributed by atoms with van der Waals surface area (Å²) in [6, 6.07) is 2.73. The van der Waals surface area contributed by atoms with Crippen molar-refractivity contribution in [3.63, 3.8) is 0 Å². The molecule has 0 aromatic carbocycles. The summed E-state index contributed by atoms with van der Waals surface area (Å²) in [6.07, 6.45) is 1.33. The van der Waals surface area contributed by atoms with Crippen molar-refractivity contribution in [3.8, 4) is 0 Å². The molecule has 0 bridgehead atoms. The van der Waals surface area contributed by atoms with Gasteiger partial charge in [0.25, 0.3) is 5.91 Å². The van der Waals surface area contributed by atoms with Crippen molar-refractivity contribution < 1.29 is 22.8 Å². The van der Waals surface area contributed by atoms with Crippen LogP contribution >= 0.6 is 11.6 Å². The number of nitrogens with one attached hydrogen (secondary N) is 1. The smallest absolute Gasteiger partial charge is 0.352 e. The highest BCUT2D eigenvalue weighted by molar-refractivity contribution is 6.36. The average Bonchev–Trinajstić information content (AvgIpc) is 3.57. The number of hydrogen-bond donors (Lipinski definition) is 1. The molecule has 0 spiro atoms. The third-order valence-electron chi connectivity index (χ3n) is 7.06. The fraction of sp³-hybridized carbons (Fsp3) is 0.640. The third kappa shape index (κ3) is 5.76. The molecule has 1 N–H and O–H groups in total. The van der Waals surface area contributed by atoms with E-state index >= 15 is 0 Å². The van der Waals surface area contributed by atoms with Crippen molar-refractivity contribution in [2.45, 2.75) is 83.9 Å². The molecule has 0 radical (unpaired) electrons. The minimum absolute atomic E-state index is 0.0532. The van der Waals surface area contributed by atoms with Crippen LogP contribution in [-0.4, -0.2) is 45.5 Å². The molecule has 0 atom stereocenters. The van der Waals surface area contributed by atoms with E-state index in [0.717, 1.165) is 44.6 Å². The number of alkyl halides is 3. The minimum Gasteiger partial charge on any atom is -0.352 e. The summed E-state index contributed by atoms with van der Waals surface area (Å²) in [5, 5.41) is 6.87. The number of halogens is 4. The SMILES string of the molecule is CCCN(CC(=O)NC1CCC(C)(C)CC1)C(=O)c1nn2c(C(F)(F)F)cc(C3CC3)cc2c1Cl. The highest BCUT2D eigenvalue weighted by atomic mass is 35.5. The summed E-state index contributed by atoms with van der Waals surface area (Å²) in [6.45, 7) is 6.34. The van der Waals surface area contributed by atoms with Gasteiger partial charge in [0, 0.05) is 12.6 Å². The van der Waals surface area contributed by atoms with Gasteiger partial charge < -0.3 is 10.2 Å². The van der Waals surface area contributed by atoms with Gasteiger partial charge in [-0.2, -0.15) is 18.3 Å². The zero-order chi connectivity index (χ0) is 25.5. The van der Waals surface area contributed by atoms with E-state index in [1.807, 2.05) is 6.92 Å². The topological polar surface area (TPSA) is 66.7 Å². The molecule has 2 aliphatic carbocycles. The van der Waals surface area contributed by atoms with E-state index in [4.69, 9.17) is 11.6 Å². The molecule has 2 heterocycles. The molecule has 35 heavy (non-hydrogen) atoms. The number of nitrogens with zero attached hydrogens (tertiary/aromatic N) is 3. The summed E-state index contributed by atoms with van der Waals surface area (Å²) in [4.78, 5) is 27.4. The fourth-order valence-electron chi connectivity index (χ4n) is 4.79. The van der Waals surface area contributed by atoms with Gasteiger partial charge in [-0.05, 0) is 74.0 Å². The maximum Gasteiger partial charge on any atom is 0.433 e. The van der Waals surface area contributed by atoms with Crippen molar-refractivity contribution in [1.82, 2.24) is 19.8 Å². The molecule has 0 unspecified atom stereocenters. The Morgan fingerprint density at radius 3 is 2.43 bits per heavy atom. The average molecular weight is 513 g/mol. The second-order valence-corrected chi connectivity index (χ2v) is 11.0. The molecule has 4 rings (SSSR count). The van der Waals surface area contributed by atoms with Gasteiger partial charge in [-0.1, -0.05) is 32.4 Å². The lowest BCUT2D eigenvalue weighted by atomic mass is 9.75. The summed E-state index contributed by atoms with van der Waals surface area (Å²) in [5.74, 6) is -0.873. The predicted molar refractivity (Wildman–Crippen MR) is 128 cm³/mol. The minimum atomic E-state index is -4.66. The molecule has 2 amide bonds. The van der Waals surface area contributed by atoms with Gasteiger partial charge in [-0.15, -0.1) is 0 Å². The van der Waals surface area contributed by atoms with Crippen LogP contribution in [0.4, 0.5) is 13.2 Å². The predicted octanol–water partition coefficient (Wildman–Crippen LogP) is 5.82. The van der Waals surface area contributed by atoms with Crippen molar-refractivity contribution in [2.24, 2.45) is 5.41 Å². The second-order valence-electron chi connectivity index (χ2n) is 10.6. The van der Waals surface area contributed by atoms with Crippen LogP contribution in [0, 0.1) is 5.41 Å². The number of carbonyl (C=O) groups excluding carboxylic acids is 2. The molecule has 2 aromatic heterocycles. The Morgan fingerprint density at radius 1 is 1.20 bits per heavy atom. The highest BCUT2D eigenvalue weighted by Crippen LogP contribution is 2.43. The standard InChI is InChI=1S/C25H32ClF3N4O2/c1-4-11-32(14-20(34)30-17-7-9-24(2,3)10-8-17)23(35)22-21(26)18-12-16(15-5-6-15)13-19(25(27,28)29)33(18)31-22/h12-13,15,17H,4-11,14H2,1-3H3,(H,30,34). The Kier molecular flexibility index (Phi) is 7.10. The van der Waals surface area contributed by atoms with Crippen LogP contribution in [0.5, 0.6) is 0 Å². The molecule has 2 fully saturated rings. The van der Waals surface area contributed by atoms with Gasteiger partial charge in [0.1, 0.15) is 5.69 Å². The molecule has 2 aliphatic rings. The number of carbonyl (C=O) groups is 2. The Balaban J connectivity index is 1.57. The summed E-state index contributed by atoms with van der Waals surface area (Å²) in [7, 11) is 0. The fourth-order valence-corrected chi connectivity index (χ4v) is 5.05. The van der Waals surface area contributed by atoms with Crippen LogP contribution in [0.2, 0.25) is 5.02 Å². The van der Waals surface area contributed by atoms with Gasteiger partial charge in [0.2, 0.25) is 5.91 Å². The van der Waals surface area contributed by atoms with E-state index in [9.17, 15) is 22.8 Å². The molecule has 2 saturated carbocycles. The molecular weight excluding hydrogens is 481 g/mol. The number of pyridine rings is 1. The number of aromatic nitrogens is 2. The number of amides is 2. The van der Waals surface area contributed by atoms with Crippen LogP contribution in [-0.2, 0) is 11.0 Å². The van der Waals surface area contributed by atoms with E-state index in [0.29, 0.717) is 16.5 Å². The van der Waals surface area contributed by atoms with Gasteiger partial charge >= 0.3 is 6.18 Å². The van der Waals surface area contributed by atoms with Gasteiger partial charge in [-0.25, -0.2) is 4.52 Å². The maximum atomic E-state index is 13.8. The first-order valence-corrected chi connectivity index (χ1v) is 12.7. The van der Waals surface area contributed by atoms with Crippen LogP contribution in [0.3, 0.4) is 0 Å². The number of fused-ring (bicyclic) bond motifs is 1. The molecule has 2 aromatic rings. The van der Waals surface area contributed by atoms with E-state index in [1.165, 1.54) is 4.90 Å². The van der Waals surface area contributed by atoms with Crippen molar-refractivity contribution >= 4 is 28.9 Å². The van der Waals surface area contributed by atoms with Crippen molar-refractivity contribution in [2.75, 3.05) is 13.1 Å². The first kappa shape index (κ1) is 25.8. The Morgan fingerprint density at radius 2 is 1.86 bits per heavy atom. The molecule has 192 valence electrons. The Bertz CT molecular complexity index is 1110. The summed E-state index contributed by atoms with van der Waals surface area (Å²) in [5.41, 5.74) is -0.368. The summed E-state index contributed by atoms with van der Waals surface area (Å²) < 4.78 is 42.1. The van der Waals surface area contributed by atoms with Crippen LogP contribution in [0.15, 0.2) is 12.1 Å². The van der Waals surface area contributed by atoms with Crippen LogP contribution < -0.4 is 5.32 Å². The highest BCUT2D eigenvalue weighted by Gasteiger charge is 2.38. The van der Waals surface area contributed by atoms with Gasteiger partial charge in [0.15, 0.2) is 5.69 Å². The van der Waals surface area contributed by atoms with E-state index < -0.39 is 17.8 Å². The first-order chi connectivity index (χ1) is 16.4. The monoisotopic (exact) mass is 512 g/mol. The van der Waals surface area contributed by atoms with E-state index in [2.05, 4.69) is 24.3 Å². The lowest BCUT2D eigenvalue weighted by Crippen LogP contribution is -2.46. The van der Waals surface area contributed by atoms with Crippen molar-refractivity contribution in [1.29, 1.82) is 0 Å². The largest absolute Gasteiger partial charge is 0.433 e. The van der Waals surface area contributed by atoms with Crippen molar-refractivity contribution in [3.05, 3.63) is 34.1 Å². The molecule has 0 saturated heterocycles. The Labute approximate surface area is 208 Å². The summed E-state index contributed by atoms with van der Waals surface area (Å²) >= 11 is 6.44. The number of hydrogen-bond acceptors (Lipinski definition) is 3. The third-order valence-corrected chi connectivity index (χ3v) is 7.43. The maximum absolute atomic E-state index is 13.8. The van der Waals surface area contributed by atoms with Crippen LogP contribution in [0.25, 0.3) is 5.52 Å². The zero-order valence-corrected chi connectivity index (χ0v) is 21.1. The molecule has 10 heteroatoms. The lowest BCUT2D eigenvalue weighted by Gasteiger charge is -2.35. The van der Waals surface area contributed by atoms with E-state index in [1.54, 1.807) is 6.07 Å². The number of rotatable bonds is 7. The van der Waals surface area contributed by atoms with Crippen LogP contribution in [0.1, 0.15) is 93.4 Å². The first-order valence-electron chi connectivity index (χ1n) is 12.3. The lowest BCUT2D eigenvalue weighted by molar-refractivity contribution is -0.142. The molecular formula is C25H32ClF3N4O2. The van der Waals surface area contributed by atoms with Gasteiger partial charge in [-0.3, -0.25) is 9.59 Å². The Hall–Kier alpha value is -2.29. The second kappa shape index (κ2) is 9.64. The van der Waals surface area contributed by atoms with E-state index in [-0.39, 0.29) is 52.6 Å². The molecule has 6 nitrogen and oxygen atoms in total. The normalized spacial score (nSPS) is 18.6. The van der Waals surface area contributed by atoms with Gasteiger partial charge in [0.05, 0.1) is 17.1 Å². The molecule has 0 aliphatic heterocycles. The quantitative estimate of drug-likeness (QED) is 0.508.